The van der Waals surface area contributed by atoms with Gasteiger partial charge in [-0.05, 0) is 30.3 Å². The topological polar surface area (TPSA) is 65.5 Å². The number of hydrogen-bond acceptors (Lipinski definition) is 4. The first-order valence-electron chi connectivity index (χ1n) is 4.85. The zero-order valence-corrected chi connectivity index (χ0v) is 10.7. The van der Waals surface area contributed by atoms with Crippen molar-refractivity contribution in [3.63, 3.8) is 0 Å². The Morgan fingerprint density at radius 3 is 2.76 bits per heavy atom. The molecule has 4 nitrogen and oxygen atoms in total. The highest BCUT2D eigenvalue weighted by molar-refractivity contribution is 9.10. The summed E-state index contributed by atoms with van der Waals surface area (Å²) in [5, 5.41) is 0. The van der Waals surface area contributed by atoms with Crippen LogP contribution in [0.2, 0.25) is 0 Å². The van der Waals surface area contributed by atoms with Gasteiger partial charge in [-0.1, -0.05) is 15.9 Å². The molecule has 0 bridgehead atoms. The van der Waals surface area contributed by atoms with Gasteiger partial charge in [0.25, 0.3) is 0 Å². The molecule has 0 radical (unpaired) electrons. The lowest BCUT2D eigenvalue weighted by molar-refractivity contribution is 0.0566. The molecule has 0 spiro atoms. The second kappa shape index (κ2) is 4.63. The molecule has 2 aromatic rings. The van der Waals surface area contributed by atoms with Crippen LogP contribution in [0.4, 0.5) is 5.69 Å². The van der Waals surface area contributed by atoms with Crippen molar-refractivity contribution < 1.29 is 13.9 Å². The van der Waals surface area contributed by atoms with E-state index in [1.807, 2.05) is 12.1 Å². The first kappa shape index (κ1) is 11.7. The number of carbonyl (C=O) groups excluding carboxylic acids is 1. The number of benzene rings is 1. The molecule has 0 amide bonds. The number of anilines is 1. The van der Waals surface area contributed by atoms with Crippen LogP contribution in [0.5, 0.6) is 0 Å². The van der Waals surface area contributed by atoms with E-state index >= 15 is 0 Å². The maximum atomic E-state index is 11.2. The van der Waals surface area contributed by atoms with Gasteiger partial charge in [-0.15, -0.1) is 0 Å². The SMILES string of the molecule is COC(=O)c1ccc(-c2ccc(Br)cc2N)o1. The fraction of sp³-hybridized carbons (Fsp3) is 0.0833. The molecule has 0 aliphatic carbocycles. The molecular formula is C12H10BrNO3. The van der Waals surface area contributed by atoms with Gasteiger partial charge < -0.3 is 14.9 Å². The first-order chi connectivity index (χ1) is 8.11. The van der Waals surface area contributed by atoms with Gasteiger partial charge in [-0.2, -0.15) is 0 Å². The molecule has 0 aliphatic heterocycles. The Bertz CT molecular complexity index is 563. The van der Waals surface area contributed by atoms with Gasteiger partial charge in [-0.3, -0.25) is 0 Å². The monoisotopic (exact) mass is 295 g/mol. The minimum Gasteiger partial charge on any atom is -0.463 e. The van der Waals surface area contributed by atoms with Crippen LogP contribution < -0.4 is 5.73 Å². The van der Waals surface area contributed by atoms with E-state index in [1.165, 1.54) is 7.11 Å². The van der Waals surface area contributed by atoms with Crippen molar-refractivity contribution >= 4 is 27.6 Å². The third-order valence-electron chi connectivity index (χ3n) is 2.27. The summed E-state index contributed by atoms with van der Waals surface area (Å²) in [6.45, 7) is 0. The van der Waals surface area contributed by atoms with E-state index in [2.05, 4.69) is 20.7 Å². The van der Waals surface area contributed by atoms with Crippen LogP contribution in [-0.4, -0.2) is 13.1 Å². The van der Waals surface area contributed by atoms with Gasteiger partial charge in [0, 0.05) is 15.7 Å². The molecule has 1 aromatic heterocycles. The lowest BCUT2D eigenvalue weighted by atomic mass is 10.1. The van der Waals surface area contributed by atoms with E-state index in [-0.39, 0.29) is 5.76 Å². The highest BCUT2D eigenvalue weighted by atomic mass is 79.9. The molecule has 1 aromatic carbocycles. The number of furan rings is 1. The van der Waals surface area contributed by atoms with E-state index < -0.39 is 5.97 Å². The maximum absolute atomic E-state index is 11.2. The van der Waals surface area contributed by atoms with Crippen LogP contribution >= 0.6 is 15.9 Å². The average Bonchev–Trinajstić information content (AvgIpc) is 2.77. The van der Waals surface area contributed by atoms with Gasteiger partial charge in [-0.25, -0.2) is 4.79 Å². The first-order valence-corrected chi connectivity index (χ1v) is 5.64. The van der Waals surface area contributed by atoms with Gasteiger partial charge in [0.2, 0.25) is 5.76 Å². The molecule has 0 saturated heterocycles. The molecule has 2 rings (SSSR count). The second-order valence-corrected chi connectivity index (χ2v) is 4.30. The van der Waals surface area contributed by atoms with Crippen molar-refractivity contribution in [2.75, 3.05) is 12.8 Å². The van der Waals surface area contributed by atoms with E-state index in [0.717, 1.165) is 10.0 Å². The summed E-state index contributed by atoms with van der Waals surface area (Å²) in [7, 11) is 1.30. The smallest absolute Gasteiger partial charge is 0.373 e. The zero-order chi connectivity index (χ0) is 12.4. The van der Waals surface area contributed by atoms with Crippen LogP contribution in [0.3, 0.4) is 0 Å². The molecule has 0 atom stereocenters. The van der Waals surface area contributed by atoms with Gasteiger partial charge in [0.1, 0.15) is 5.76 Å². The highest BCUT2D eigenvalue weighted by Crippen LogP contribution is 2.30. The Balaban J connectivity index is 2.40. The summed E-state index contributed by atoms with van der Waals surface area (Å²) >= 11 is 3.32. The van der Waals surface area contributed by atoms with Gasteiger partial charge in [0.15, 0.2) is 0 Å². The van der Waals surface area contributed by atoms with Crippen molar-refractivity contribution in [3.05, 3.63) is 40.6 Å². The number of carbonyl (C=O) groups is 1. The largest absolute Gasteiger partial charge is 0.463 e. The summed E-state index contributed by atoms with van der Waals surface area (Å²) in [6, 6.07) is 8.69. The Morgan fingerprint density at radius 1 is 1.35 bits per heavy atom. The van der Waals surface area contributed by atoms with Crippen LogP contribution in [0.1, 0.15) is 10.6 Å². The summed E-state index contributed by atoms with van der Waals surface area (Å²) in [4.78, 5) is 11.2. The van der Waals surface area contributed by atoms with Crippen molar-refractivity contribution in [1.29, 1.82) is 0 Å². The molecule has 5 heteroatoms. The molecule has 88 valence electrons. The summed E-state index contributed by atoms with van der Waals surface area (Å²) < 4.78 is 10.8. The predicted molar refractivity (Wildman–Crippen MR) is 67.6 cm³/mol. The molecule has 17 heavy (non-hydrogen) atoms. The summed E-state index contributed by atoms with van der Waals surface area (Å²) in [5.74, 6) is 0.187. The van der Waals surface area contributed by atoms with E-state index in [4.69, 9.17) is 10.2 Å². The van der Waals surface area contributed by atoms with Crippen LogP contribution in [0.25, 0.3) is 11.3 Å². The third kappa shape index (κ3) is 2.34. The number of ether oxygens (including phenoxy) is 1. The van der Waals surface area contributed by atoms with E-state index in [1.54, 1.807) is 18.2 Å². The average molecular weight is 296 g/mol. The molecule has 0 unspecified atom stereocenters. The number of hydrogen-bond donors (Lipinski definition) is 1. The third-order valence-corrected chi connectivity index (χ3v) is 2.76. The van der Waals surface area contributed by atoms with E-state index in [9.17, 15) is 4.79 Å². The number of nitrogens with two attached hydrogens (primary N) is 1. The number of halogens is 1. The number of esters is 1. The minimum absolute atomic E-state index is 0.157. The number of rotatable bonds is 2. The van der Waals surface area contributed by atoms with Crippen molar-refractivity contribution in [3.8, 4) is 11.3 Å². The van der Waals surface area contributed by atoms with Gasteiger partial charge >= 0.3 is 5.97 Å². The Morgan fingerprint density at radius 2 is 2.12 bits per heavy atom. The summed E-state index contributed by atoms with van der Waals surface area (Å²) in [6.07, 6.45) is 0. The second-order valence-electron chi connectivity index (χ2n) is 3.39. The molecule has 1 heterocycles. The lowest BCUT2D eigenvalue weighted by Gasteiger charge is -2.02. The van der Waals surface area contributed by atoms with Crippen molar-refractivity contribution in [1.82, 2.24) is 0 Å². The molecule has 0 fully saturated rings. The van der Waals surface area contributed by atoms with Crippen molar-refractivity contribution in [2.24, 2.45) is 0 Å². The number of nitrogen functional groups attached to an aromatic ring is 1. The van der Waals surface area contributed by atoms with Gasteiger partial charge in [0.05, 0.1) is 7.11 Å². The molecule has 2 N–H and O–H groups in total. The van der Waals surface area contributed by atoms with Crippen molar-refractivity contribution in [2.45, 2.75) is 0 Å². The van der Waals surface area contributed by atoms with Crippen LogP contribution in [0.15, 0.2) is 39.2 Å². The van der Waals surface area contributed by atoms with E-state index in [0.29, 0.717) is 11.4 Å². The predicted octanol–water partition coefficient (Wildman–Crippen LogP) is 3.08. The fourth-order valence-corrected chi connectivity index (χ4v) is 1.83. The molecule has 0 saturated carbocycles. The maximum Gasteiger partial charge on any atom is 0.373 e. The number of methoxy groups -OCH3 is 1. The Kier molecular flexibility index (Phi) is 3.19. The molecular weight excluding hydrogens is 286 g/mol. The summed E-state index contributed by atoms with van der Waals surface area (Å²) in [5.41, 5.74) is 7.18. The Hall–Kier alpha value is -1.75. The standard InChI is InChI=1S/C12H10BrNO3/c1-16-12(15)11-5-4-10(17-11)8-3-2-7(13)6-9(8)14/h2-6H,14H2,1H3. The van der Waals surface area contributed by atoms with Crippen LogP contribution in [-0.2, 0) is 4.74 Å². The molecule has 0 aliphatic rings. The zero-order valence-electron chi connectivity index (χ0n) is 9.07. The quantitative estimate of drug-likeness (QED) is 0.683. The lowest BCUT2D eigenvalue weighted by Crippen LogP contribution is -1.98. The van der Waals surface area contributed by atoms with Crippen LogP contribution in [0, 0.1) is 0 Å². The normalized spacial score (nSPS) is 10.2. The highest BCUT2D eigenvalue weighted by Gasteiger charge is 2.13. The Labute approximate surface area is 106 Å². The minimum atomic E-state index is -0.507. The fourth-order valence-electron chi connectivity index (χ4n) is 1.45.